The van der Waals surface area contributed by atoms with Gasteiger partial charge in [-0.25, -0.2) is 4.39 Å². The number of nitrogens with one attached hydrogen (secondary N) is 1. The molecule has 1 aromatic carbocycles. The third-order valence-electron chi connectivity index (χ3n) is 7.60. The standard InChI is InChI=1S/C25H30ClFN6O2/c1-34-22-11-19(27)12-28-25(22)31-7-4-16(5-8-31)24-30-29-23-14-32(20-6-9-35-15-20)13-17-10-18(26)2-3-21(17)33(23)24/h2-3,10-12,16,20,25,28H,4-9,13-15H2,1H3/t20-,25?/m1/s1. The molecule has 1 aromatic heterocycles. The van der Waals surface area contributed by atoms with Gasteiger partial charge in [-0.2, -0.15) is 0 Å². The van der Waals surface area contributed by atoms with Crippen molar-refractivity contribution in [2.75, 3.05) is 33.4 Å². The molecule has 4 aliphatic heterocycles. The van der Waals surface area contributed by atoms with Crippen LogP contribution in [-0.4, -0.2) is 70.2 Å². The van der Waals surface area contributed by atoms with Crippen molar-refractivity contribution in [2.45, 2.75) is 50.5 Å². The highest BCUT2D eigenvalue weighted by Crippen LogP contribution is 2.35. The highest BCUT2D eigenvalue weighted by atomic mass is 35.5. The van der Waals surface area contributed by atoms with Crippen molar-refractivity contribution >= 4 is 11.6 Å². The van der Waals surface area contributed by atoms with Gasteiger partial charge in [-0.1, -0.05) is 11.6 Å². The molecule has 5 heterocycles. The van der Waals surface area contributed by atoms with E-state index in [1.54, 1.807) is 7.11 Å². The predicted molar refractivity (Wildman–Crippen MR) is 130 cm³/mol. The first-order valence-electron chi connectivity index (χ1n) is 12.3. The largest absolute Gasteiger partial charge is 0.497 e. The highest BCUT2D eigenvalue weighted by molar-refractivity contribution is 6.30. The summed E-state index contributed by atoms with van der Waals surface area (Å²) in [5.41, 5.74) is 2.31. The van der Waals surface area contributed by atoms with Gasteiger partial charge in [0.15, 0.2) is 5.82 Å². The molecule has 2 fully saturated rings. The highest BCUT2D eigenvalue weighted by Gasteiger charge is 2.35. The maximum atomic E-state index is 13.7. The first kappa shape index (κ1) is 23.0. The van der Waals surface area contributed by atoms with Gasteiger partial charge in [-0.3, -0.25) is 14.4 Å². The molecule has 2 atom stereocenters. The molecule has 0 amide bonds. The summed E-state index contributed by atoms with van der Waals surface area (Å²) in [6.45, 7) is 4.80. The van der Waals surface area contributed by atoms with Crippen LogP contribution < -0.4 is 5.32 Å². The van der Waals surface area contributed by atoms with Gasteiger partial charge in [-0.05, 0) is 43.0 Å². The number of methoxy groups -OCH3 is 1. The van der Waals surface area contributed by atoms with Crippen molar-refractivity contribution in [1.29, 1.82) is 0 Å². The van der Waals surface area contributed by atoms with E-state index in [1.807, 2.05) is 6.07 Å². The molecule has 8 nitrogen and oxygen atoms in total. The van der Waals surface area contributed by atoms with Crippen LogP contribution in [0.2, 0.25) is 5.02 Å². The molecule has 0 saturated carbocycles. The van der Waals surface area contributed by atoms with E-state index in [0.717, 1.165) is 81.0 Å². The molecule has 1 unspecified atom stereocenters. The van der Waals surface area contributed by atoms with Crippen LogP contribution in [0.15, 0.2) is 42.1 Å². The lowest BCUT2D eigenvalue weighted by Gasteiger charge is -2.38. The van der Waals surface area contributed by atoms with Gasteiger partial charge in [-0.15, -0.1) is 10.2 Å². The van der Waals surface area contributed by atoms with E-state index in [-0.39, 0.29) is 17.9 Å². The Morgan fingerprint density at radius 3 is 2.77 bits per heavy atom. The van der Waals surface area contributed by atoms with E-state index in [4.69, 9.17) is 26.2 Å². The minimum Gasteiger partial charge on any atom is -0.497 e. The minimum atomic E-state index is -0.323. The molecule has 2 aromatic rings. The summed E-state index contributed by atoms with van der Waals surface area (Å²) >= 11 is 6.41. The molecule has 2 saturated heterocycles. The SMILES string of the molecule is COC1=CC(F)=CNC1N1CCC(c2nnc3n2-c2ccc(Cl)cc2CN([C@@H]2CCOC2)C3)CC1. The summed E-state index contributed by atoms with van der Waals surface area (Å²) in [5.74, 6) is 2.54. The quantitative estimate of drug-likeness (QED) is 0.689. The van der Waals surface area contributed by atoms with E-state index >= 15 is 0 Å². The Labute approximate surface area is 209 Å². The maximum Gasteiger partial charge on any atom is 0.151 e. The first-order valence-corrected chi connectivity index (χ1v) is 12.6. The number of benzene rings is 1. The van der Waals surface area contributed by atoms with Gasteiger partial charge in [0.05, 0.1) is 25.9 Å². The van der Waals surface area contributed by atoms with E-state index in [2.05, 4.69) is 36.9 Å². The number of hydrogen-bond donors (Lipinski definition) is 1. The number of hydrogen-bond acceptors (Lipinski definition) is 7. The summed E-state index contributed by atoms with van der Waals surface area (Å²) in [7, 11) is 1.59. The van der Waals surface area contributed by atoms with Crippen LogP contribution in [0.1, 0.15) is 42.4 Å². The van der Waals surface area contributed by atoms with Crippen LogP contribution in [0.4, 0.5) is 4.39 Å². The lowest BCUT2D eigenvalue weighted by Crippen LogP contribution is -2.49. The van der Waals surface area contributed by atoms with Crippen LogP contribution >= 0.6 is 11.6 Å². The number of aromatic nitrogens is 3. The van der Waals surface area contributed by atoms with E-state index in [9.17, 15) is 4.39 Å². The normalized spacial score (nSPS) is 25.8. The second kappa shape index (κ2) is 9.54. The average molecular weight is 501 g/mol. The van der Waals surface area contributed by atoms with Gasteiger partial charge >= 0.3 is 0 Å². The maximum absolute atomic E-state index is 13.7. The fraction of sp³-hybridized carbons (Fsp3) is 0.520. The van der Waals surface area contributed by atoms with Crippen molar-refractivity contribution in [3.05, 3.63) is 64.3 Å². The minimum absolute atomic E-state index is 0.152. The number of allylic oxidation sites excluding steroid dienone is 2. The predicted octanol–water partition coefficient (Wildman–Crippen LogP) is 3.48. The zero-order valence-corrected chi connectivity index (χ0v) is 20.5. The second-order valence-corrected chi connectivity index (χ2v) is 10.1. The summed E-state index contributed by atoms with van der Waals surface area (Å²) in [6, 6.07) is 6.49. The smallest absolute Gasteiger partial charge is 0.151 e. The van der Waals surface area contributed by atoms with Gasteiger partial charge in [0.25, 0.3) is 0 Å². The van der Waals surface area contributed by atoms with Crippen LogP contribution in [0, 0.1) is 0 Å². The van der Waals surface area contributed by atoms with Crippen LogP contribution in [0.5, 0.6) is 0 Å². The van der Waals surface area contributed by atoms with Crippen LogP contribution in [-0.2, 0) is 22.6 Å². The lowest BCUT2D eigenvalue weighted by molar-refractivity contribution is 0.106. The lowest BCUT2D eigenvalue weighted by atomic mass is 9.95. The third kappa shape index (κ3) is 4.35. The fourth-order valence-corrected chi connectivity index (χ4v) is 5.95. The monoisotopic (exact) mass is 500 g/mol. The molecule has 4 aliphatic rings. The Hall–Kier alpha value is -2.46. The molecule has 186 valence electrons. The number of piperidine rings is 1. The summed E-state index contributed by atoms with van der Waals surface area (Å²) in [5, 5.41) is 13.3. The van der Waals surface area contributed by atoms with E-state index < -0.39 is 0 Å². The molecule has 0 spiro atoms. The van der Waals surface area contributed by atoms with Gasteiger partial charge in [0.1, 0.15) is 23.6 Å². The molecule has 0 bridgehead atoms. The topological polar surface area (TPSA) is 67.7 Å². The average Bonchev–Trinajstić information content (AvgIpc) is 3.52. The number of rotatable bonds is 4. The molecular formula is C25H30ClFN6O2. The Morgan fingerprint density at radius 1 is 1.14 bits per heavy atom. The fourth-order valence-electron chi connectivity index (χ4n) is 5.75. The summed E-state index contributed by atoms with van der Waals surface area (Å²) < 4.78 is 27.0. The number of halogens is 2. The van der Waals surface area contributed by atoms with Crippen LogP contribution in [0.25, 0.3) is 5.69 Å². The second-order valence-electron chi connectivity index (χ2n) is 9.66. The van der Waals surface area contributed by atoms with Crippen LogP contribution in [0.3, 0.4) is 0 Å². The first-order chi connectivity index (χ1) is 17.1. The zero-order chi connectivity index (χ0) is 23.9. The molecule has 6 rings (SSSR count). The molecular weight excluding hydrogens is 471 g/mol. The molecule has 0 radical (unpaired) electrons. The molecule has 35 heavy (non-hydrogen) atoms. The molecule has 1 N–H and O–H groups in total. The number of ether oxygens (including phenoxy) is 2. The summed E-state index contributed by atoms with van der Waals surface area (Å²) in [6.07, 6.45) is 5.60. The van der Waals surface area contributed by atoms with Crippen molar-refractivity contribution in [3.8, 4) is 5.69 Å². The van der Waals surface area contributed by atoms with Gasteiger partial charge < -0.3 is 14.8 Å². The van der Waals surface area contributed by atoms with E-state index in [0.29, 0.717) is 11.8 Å². The summed E-state index contributed by atoms with van der Waals surface area (Å²) in [4.78, 5) is 4.74. The Kier molecular flexibility index (Phi) is 6.26. The Balaban J connectivity index is 1.26. The zero-order valence-electron chi connectivity index (χ0n) is 19.8. The van der Waals surface area contributed by atoms with Crippen molar-refractivity contribution in [1.82, 2.24) is 29.9 Å². The van der Waals surface area contributed by atoms with Crippen molar-refractivity contribution in [2.24, 2.45) is 0 Å². The van der Waals surface area contributed by atoms with Crippen molar-refractivity contribution in [3.63, 3.8) is 0 Å². The third-order valence-corrected chi connectivity index (χ3v) is 7.84. The number of dihydropyridines is 1. The molecule has 0 aliphatic carbocycles. The number of nitrogens with zero attached hydrogens (tertiary/aromatic N) is 5. The number of fused-ring (bicyclic) bond motifs is 3. The van der Waals surface area contributed by atoms with E-state index in [1.165, 1.54) is 17.8 Å². The Morgan fingerprint density at radius 2 is 2.00 bits per heavy atom. The Bertz CT molecular complexity index is 1150. The van der Waals surface area contributed by atoms with Gasteiger partial charge in [0, 0.05) is 55.5 Å². The van der Waals surface area contributed by atoms with Gasteiger partial charge in [0.2, 0.25) is 0 Å². The molecule has 10 heteroatoms. The van der Waals surface area contributed by atoms with Crippen molar-refractivity contribution < 1.29 is 13.9 Å². The number of likely N-dealkylation sites (tertiary alicyclic amines) is 1.